The minimum absolute atomic E-state index is 0. The number of aliphatic hydroxyl groups is 1. The van der Waals surface area contributed by atoms with Gasteiger partial charge >= 0.3 is 0 Å². The molecule has 0 spiro atoms. The van der Waals surface area contributed by atoms with E-state index in [4.69, 9.17) is 11.6 Å². The fourth-order valence-electron chi connectivity index (χ4n) is 2.80. The molecular weight excluding hydrogens is 281 g/mol. The highest BCUT2D eigenvalue weighted by molar-refractivity contribution is 6.30. The zero-order valence-corrected chi connectivity index (χ0v) is 12.9. The van der Waals surface area contributed by atoms with Crippen molar-refractivity contribution in [1.82, 2.24) is 5.32 Å². The maximum atomic E-state index is 10.4. The summed E-state index contributed by atoms with van der Waals surface area (Å²) < 4.78 is 0. The normalized spacial score (nSPS) is 24.6. The van der Waals surface area contributed by atoms with Crippen LogP contribution in [0.15, 0.2) is 24.3 Å². The first-order valence-corrected chi connectivity index (χ1v) is 7.28. The van der Waals surface area contributed by atoms with Gasteiger partial charge in [-0.1, -0.05) is 43.5 Å². The van der Waals surface area contributed by atoms with Crippen LogP contribution in [-0.2, 0) is 0 Å². The lowest BCUT2D eigenvalue weighted by atomic mass is 9.90. The van der Waals surface area contributed by atoms with Crippen molar-refractivity contribution in [2.75, 3.05) is 0 Å². The molecular formula is C15H23Cl2NO. The average Bonchev–Trinajstić information content (AvgIpc) is 2.39. The van der Waals surface area contributed by atoms with Crippen LogP contribution in [0, 0.1) is 0 Å². The number of aliphatic hydroxyl groups excluding tert-OH is 1. The van der Waals surface area contributed by atoms with E-state index in [1.54, 1.807) is 0 Å². The molecule has 1 heterocycles. The fraction of sp³-hybridized carbons (Fsp3) is 0.600. The van der Waals surface area contributed by atoms with E-state index in [0.29, 0.717) is 11.1 Å². The van der Waals surface area contributed by atoms with Crippen LogP contribution in [0.4, 0.5) is 0 Å². The van der Waals surface area contributed by atoms with Gasteiger partial charge in [0.25, 0.3) is 0 Å². The zero-order valence-electron chi connectivity index (χ0n) is 11.3. The van der Waals surface area contributed by atoms with Gasteiger partial charge in [0.1, 0.15) is 0 Å². The van der Waals surface area contributed by atoms with Gasteiger partial charge in [-0.25, -0.2) is 0 Å². The Balaban J connectivity index is 0.00000180. The lowest BCUT2D eigenvalue weighted by Crippen LogP contribution is -2.45. The smallest absolute Gasteiger partial charge is 0.0943 e. The van der Waals surface area contributed by atoms with Crippen LogP contribution in [0.25, 0.3) is 0 Å². The Bertz CT molecular complexity index is 384. The quantitative estimate of drug-likeness (QED) is 0.877. The van der Waals surface area contributed by atoms with Crippen molar-refractivity contribution < 1.29 is 5.11 Å². The molecule has 0 unspecified atom stereocenters. The van der Waals surface area contributed by atoms with Crippen LogP contribution in [0.5, 0.6) is 0 Å². The number of piperidine rings is 1. The lowest BCUT2D eigenvalue weighted by molar-refractivity contribution is 0.0998. The molecule has 1 saturated heterocycles. The van der Waals surface area contributed by atoms with Crippen molar-refractivity contribution in [1.29, 1.82) is 0 Å². The highest BCUT2D eigenvalue weighted by atomic mass is 35.5. The summed E-state index contributed by atoms with van der Waals surface area (Å²) in [5.41, 5.74) is 0.914. The van der Waals surface area contributed by atoms with Gasteiger partial charge in [-0.15, -0.1) is 12.4 Å². The van der Waals surface area contributed by atoms with Crippen molar-refractivity contribution in [3.63, 3.8) is 0 Å². The monoisotopic (exact) mass is 303 g/mol. The molecule has 1 aliphatic heterocycles. The molecule has 19 heavy (non-hydrogen) atoms. The number of nitrogens with one attached hydrogen (secondary N) is 1. The summed E-state index contributed by atoms with van der Waals surface area (Å²) in [5, 5.41) is 14.7. The van der Waals surface area contributed by atoms with Gasteiger partial charge < -0.3 is 10.4 Å². The van der Waals surface area contributed by atoms with Crippen molar-refractivity contribution in [3.05, 3.63) is 34.9 Å². The predicted octanol–water partition coefficient (Wildman–Crippen LogP) is 4.11. The topological polar surface area (TPSA) is 32.3 Å². The van der Waals surface area contributed by atoms with Crippen LogP contribution >= 0.6 is 24.0 Å². The molecule has 1 aliphatic rings. The third-order valence-corrected chi connectivity index (χ3v) is 3.96. The van der Waals surface area contributed by atoms with E-state index in [9.17, 15) is 5.11 Å². The van der Waals surface area contributed by atoms with E-state index in [2.05, 4.69) is 12.2 Å². The number of benzene rings is 1. The molecule has 1 fully saturated rings. The molecule has 0 aromatic heterocycles. The molecule has 4 heteroatoms. The second-order valence-electron chi connectivity index (χ2n) is 5.19. The number of rotatable bonds is 4. The van der Waals surface area contributed by atoms with Crippen molar-refractivity contribution in [3.8, 4) is 0 Å². The Labute approximate surface area is 127 Å². The first-order valence-electron chi connectivity index (χ1n) is 6.90. The molecule has 0 aliphatic carbocycles. The summed E-state index contributed by atoms with van der Waals surface area (Å²) >= 11 is 5.97. The van der Waals surface area contributed by atoms with Crippen LogP contribution in [0.1, 0.15) is 50.7 Å². The zero-order chi connectivity index (χ0) is 13.0. The molecule has 1 aromatic rings. The van der Waals surface area contributed by atoms with Crippen molar-refractivity contribution in [2.24, 2.45) is 0 Å². The van der Waals surface area contributed by atoms with Gasteiger partial charge in [-0.05, 0) is 37.0 Å². The van der Waals surface area contributed by atoms with E-state index in [-0.39, 0.29) is 18.4 Å². The molecule has 2 N–H and O–H groups in total. The average molecular weight is 304 g/mol. The third-order valence-electron chi connectivity index (χ3n) is 3.73. The number of hydrogen-bond donors (Lipinski definition) is 2. The van der Waals surface area contributed by atoms with Crippen molar-refractivity contribution >= 4 is 24.0 Å². The SMILES string of the molecule is CCC[C@H]1CCC[C@H]([C@H](O)c2cccc(Cl)c2)N1.Cl. The third kappa shape index (κ3) is 4.64. The number of hydrogen-bond acceptors (Lipinski definition) is 2. The van der Waals surface area contributed by atoms with Gasteiger partial charge in [0.15, 0.2) is 0 Å². The Morgan fingerprint density at radius 3 is 2.89 bits per heavy atom. The minimum Gasteiger partial charge on any atom is -0.387 e. The maximum absolute atomic E-state index is 10.4. The molecule has 0 radical (unpaired) electrons. The fourth-order valence-corrected chi connectivity index (χ4v) is 3.00. The van der Waals surface area contributed by atoms with Gasteiger partial charge in [0.2, 0.25) is 0 Å². The van der Waals surface area contributed by atoms with E-state index < -0.39 is 6.10 Å². The van der Waals surface area contributed by atoms with Crippen LogP contribution < -0.4 is 5.32 Å². The number of halogens is 2. The van der Waals surface area contributed by atoms with Gasteiger partial charge in [-0.3, -0.25) is 0 Å². The Morgan fingerprint density at radius 1 is 1.42 bits per heavy atom. The summed E-state index contributed by atoms with van der Waals surface area (Å²) in [4.78, 5) is 0. The van der Waals surface area contributed by atoms with Crippen LogP contribution in [0.2, 0.25) is 5.02 Å². The van der Waals surface area contributed by atoms with Gasteiger partial charge in [-0.2, -0.15) is 0 Å². The highest BCUT2D eigenvalue weighted by Gasteiger charge is 2.26. The van der Waals surface area contributed by atoms with E-state index in [1.165, 1.54) is 25.7 Å². The lowest BCUT2D eigenvalue weighted by Gasteiger charge is -2.34. The van der Waals surface area contributed by atoms with Crippen LogP contribution in [0.3, 0.4) is 0 Å². The molecule has 0 amide bonds. The van der Waals surface area contributed by atoms with E-state index >= 15 is 0 Å². The Hall–Kier alpha value is -0.280. The van der Waals surface area contributed by atoms with Crippen LogP contribution in [-0.4, -0.2) is 17.2 Å². The summed E-state index contributed by atoms with van der Waals surface area (Å²) in [6, 6.07) is 8.26. The maximum Gasteiger partial charge on any atom is 0.0943 e. The minimum atomic E-state index is -0.455. The van der Waals surface area contributed by atoms with E-state index in [0.717, 1.165) is 12.0 Å². The molecule has 108 valence electrons. The second kappa shape index (κ2) is 8.11. The van der Waals surface area contributed by atoms with Crippen molar-refractivity contribution in [2.45, 2.75) is 57.2 Å². The summed E-state index contributed by atoms with van der Waals surface area (Å²) in [5.74, 6) is 0. The van der Waals surface area contributed by atoms with E-state index in [1.807, 2.05) is 24.3 Å². The van der Waals surface area contributed by atoms with Gasteiger partial charge in [0, 0.05) is 17.1 Å². The standard InChI is InChI=1S/C15H22ClNO.ClH/c1-2-5-13-8-4-9-14(17-13)15(18)11-6-3-7-12(16)10-11;/h3,6-7,10,13-15,17-18H,2,4-5,8-9H2,1H3;1H/t13-,14+,15+;/m0./s1. The summed E-state index contributed by atoms with van der Waals surface area (Å²) in [6.07, 6.45) is 5.39. The first kappa shape index (κ1) is 16.8. The molecule has 0 saturated carbocycles. The largest absolute Gasteiger partial charge is 0.387 e. The molecule has 0 bridgehead atoms. The first-order chi connectivity index (χ1) is 8.70. The molecule has 1 aromatic carbocycles. The highest BCUT2D eigenvalue weighted by Crippen LogP contribution is 2.27. The summed E-state index contributed by atoms with van der Waals surface area (Å²) in [7, 11) is 0. The Kier molecular flexibility index (Phi) is 7.16. The molecule has 2 nitrogen and oxygen atoms in total. The predicted molar refractivity (Wildman–Crippen MR) is 83.1 cm³/mol. The molecule has 2 rings (SSSR count). The second-order valence-corrected chi connectivity index (χ2v) is 5.63. The van der Waals surface area contributed by atoms with Gasteiger partial charge in [0.05, 0.1) is 6.10 Å². The summed E-state index contributed by atoms with van der Waals surface area (Å²) in [6.45, 7) is 2.21. The Morgan fingerprint density at radius 2 is 2.21 bits per heavy atom. The molecule has 3 atom stereocenters.